The molecule has 0 aromatic heterocycles. The van der Waals surface area contributed by atoms with Crippen LogP contribution in [0.2, 0.25) is 0 Å². The molecule has 0 atom stereocenters. The number of nitrogens with one attached hydrogen (secondary N) is 1. The van der Waals surface area contributed by atoms with Crippen LogP contribution >= 0.6 is 0 Å². The van der Waals surface area contributed by atoms with Gasteiger partial charge in [0.2, 0.25) is 0 Å². The summed E-state index contributed by atoms with van der Waals surface area (Å²) >= 11 is 0. The molecule has 100 valence electrons. The standard InChI is InChI=1S/C10H15N3O4S/c1-2-18(16,17)6-5-12-8-3-4-10(13(14)15)9(11)7-8/h3-4,7,12H,2,5-6,11H2,1H3. The maximum atomic E-state index is 11.2. The van der Waals surface area contributed by atoms with Crippen molar-refractivity contribution in [2.45, 2.75) is 6.92 Å². The van der Waals surface area contributed by atoms with Gasteiger partial charge in [0.05, 0.1) is 10.7 Å². The van der Waals surface area contributed by atoms with Crippen molar-refractivity contribution < 1.29 is 13.3 Å². The summed E-state index contributed by atoms with van der Waals surface area (Å²) in [5, 5.41) is 13.4. The molecule has 0 saturated heterocycles. The van der Waals surface area contributed by atoms with E-state index in [1.165, 1.54) is 18.2 Å². The van der Waals surface area contributed by atoms with Crippen LogP contribution in [-0.4, -0.2) is 31.4 Å². The van der Waals surface area contributed by atoms with Gasteiger partial charge in [0.25, 0.3) is 5.69 Å². The summed E-state index contributed by atoms with van der Waals surface area (Å²) < 4.78 is 22.5. The van der Waals surface area contributed by atoms with Crippen LogP contribution in [0.5, 0.6) is 0 Å². The zero-order valence-corrected chi connectivity index (χ0v) is 10.7. The maximum Gasteiger partial charge on any atom is 0.292 e. The fourth-order valence-electron chi connectivity index (χ4n) is 1.33. The smallest absolute Gasteiger partial charge is 0.292 e. The molecule has 0 aliphatic heterocycles. The second kappa shape index (κ2) is 5.67. The molecular formula is C10H15N3O4S. The fourth-order valence-corrected chi connectivity index (χ4v) is 2.03. The van der Waals surface area contributed by atoms with Crippen molar-refractivity contribution in [3.63, 3.8) is 0 Å². The number of hydrogen-bond acceptors (Lipinski definition) is 6. The predicted molar refractivity (Wildman–Crippen MR) is 70.3 cm³/mol. The Labute approximate surface area is 105 Å². The topological polar surface area (TPSA) is 115 Å². The van der Waals surface area contributed by atoms with E-state index in [-0.39, 0.29) is 29.4 Å². The highest BCUT2D eigenvalue weighted by molar-refractivity contribution is 7.91. The number of nitro groups is 1. The summed E-state index contributed by atoms with van der Waals surface area (Å²) in [6.07, 6.45) is 0. The Morgan fingerprint density at radius 1 is 1.44 bits per heavy atom. The molecule has 8 heteroatoms. The molecule has 7 nitrogen and oxygen atoms in total. The van der Waals surface area contributed by atoms with Crippen molar-refractivity contribution in [2.75, 3.05) is 29.1 Å². The summed E-state index contributed by atoms with van der Waals surface area (Å²) in [5.41, 5.74) is 5.95. The molecule has 1 rings (SSSR count). The summed E-state index contributed by atoms with van der Waals surface area (Å²) in [6, 6.07) is 4.19. The molecule has 0 fully saturated rings. The number of hydrogen-bond donors (Lipinski definition) is 2. The average Bonchev–Trinajstić information content (AvgIpc) is 2.28. The van der Waals surface area contributed by atoms with Crippen LogP contribution < -0.4 is 11.1 Å². The molecule has 0 saturated carbocycles. The van der Waals surface area contributed by atoms with E-state index in [0.717, 1.165) is 0 Å². The number of sulfone groups is 1. The van der Waals surface area contributed by atoms with E-state index in [2.05, 4.69) is 5.32 Å². The Balaban J connectivity index is 2.65. The van der Waals surface area contributed by atoms with Crippen molar-refractivity contribution in [3.05, 3.63) is 28.3 Å². The Morgan fingerprint density at radius 3 is 2.61 bits per heavy atom. The second-order valence-electron chi connectivity index (χ2n) is 3.69. The zero-order valence-electron chi connectivity index (χ0n) is 9.92. The van der Waals surface area contributed by atoms with Crippen LogP contribution in [0.1, 0.15) is 6.92 Å². The van der Waals surface area contributed by atoms with Gasteiger partial charge in [-0.1, -0.05) is 6.92 Å². The highest BCUT2D eigenvalue weighted by Gasteiger charge is 2.11. The third-order valence-electron chi connectivity index (χ3n) is 2.41. The summed E-state index contributed by atoms with van der Waals surface area (Å²) in [6.45, 7) is 1.83. The van der Waals surface area contributed by atoms with Crippen molar-refractivity contribution in [3.8, 4) is 0 Å². The SMILES string of the molecule is CCS(=O)(=O)CCNc1ccc([N+](=O)[O-])c(N)c1. The first kappa shape index (κ1) is 14.2. The lowest BCUT2D eigenvalue weighted by Crippen LogP contribution is -2.17. The maximum absolute atomic E-state index is 11.2. The predicted octanol–water partition coefficient (Wildman–Crippen LogP) is 1.02. The molecule has 0 amide bonds. The minimum absolute atomic E-state index is 0.0143. The minimum atomic E-state index is -3.02. The molecule has 1 aromatic carbocycles. The van der Waals surface area contributed by atoms with Crippen LogP contribution in [0.15, 0.2) is 18.2 Å². The molecular weight excluding hydrogens is 258 g/mol. The normalized spacial score (nSPS) is 11.2. The van der Waals surface area contributed by atoms with Crippen LogP contribution in [0.4, 0.5) is 17.1 Å². The molecule has 18 heavy (non-hydrogen) atoms. The van der Waals surface area contributed by atoms with E-state index in [4.69, 9.17) is 5.73 Å². The first-order chi connectivity index (χ1) is 8.35. The lowest BCUT2D eigenvalue weighted by molar-refractivity contribution is -0.383. The molecule has 3 N–H and O–H groups in total. The van der Waals surface area contributed by atoms with Crippen LogP contribution in [0, 0.1) is 10.1 Å². The van der Waals surface area contributed by atoms with Gasteiger partial charge in [-0.3, -0.25) is 10.1 Å². The van der Waals surface area contributed by atoms with Crippen LogP contribution in [0.3, 0.4) is 0 Å². The first-order valence-electron chi connectivity index (χ1n) is 5.34. The van der Waals surface area contributed by atoms with Crippen molar-refractivity contribution in [1.82, 2.24) is 0 Å². The monoisotopic (exact) mass is 273 g/mol. The van der Waals surface area contributed by atoms with E-state index < -0.39 is 14.8 Å². The van der Waals surface area contributed by atoms with Gasteiger partial charge in [-0.05, 0) is 12.1 Å². The van der Waals surface area contributed by atoms with E-state index in [0.29, 0.717) is 5.69 Å². The lowest BCUT2D eigenvalue weighted by Gasteiger charge is -2.07. The van der Waals surface area contributed by atoms with Crippen LogP contribution in [-0.2, 0) is 9.84 Å². The van der Waals surface area contributed by atoms with E-state index in [1.807, 2.05) is 0 Å². The molecule has 1 aromatic rings. The Bertz CT molecular complexity index is 542. The number of nitro benzene ring substituents is 1. The number of nitrogens with two attached hydrogens (primary N) is 1. The highest BCUT2D eigenvalue weighted by atomic mass is 32.2. The molecule has 0 radical (unpaired) electrons. The van der Waals surface area contributed by atoms with E-state index >= 15 is 0 Å². The number of nitrogen functional groups attached to an aromatic ring is 1. The summed E-state index contributed by atoms with van der Waals surface area (Å²) in [4.78, 5) is 9.97. The fraction of sp³-hybridized carbons (Fsp3) is 0.400. The molecule has 0 bridgehead atoms. The summed E-state index contributed by atoms with van der Waals surface area (Å²) in [7, 11) is -3.02. The summed E-state index contributed by atoms with van der Waals surface area (Å²) in [5.74, 6) is 0.109. The van der Waals surface area contributed by atoms with Crippen molar-refractivity contribution >= 4 is 26.9 Å². The van der Waals surface area contributed by atoms with Gasteiger partial charge in [0.15, 0.2) is 9.84 Å². The van der Waals surface area contributed by atoms with Crippen molar-refractivity contribution in [2.24, 2.45) is 0 Å². The van der Waals surface area contributed by atoms with E-state index in [1.54, 1.807) is 6.92 Å². The Kier molecular flexibility index (Phi) is 4.49. The number of anilines is 2. The van der Waals surface area contributed by atoms with Crippen molar-refractivity contribution in [1.29, 1.82) is 0 Å². The van der Waals surface area contributed by atoms with Crippen LogP contribution in [0.25, 0.3) is 0 Å². The number of rotatable bonds is 6. The molecule has 0 aliphatic rings. The van der Waals surface area contributed by atoms with Gasteiger partial charge in [0.1, 0.15) is 5.69 Å². The zero-order chi connectivity index (χ0) is 13.8. The van der Waals surface area contributed by atoms with Gasteiger partial charge >= 0.3 is 0 Å². The minimum Gasteiger partial charge on any atom is -0.393 e. The number of nitrogens with zero attached hydrogens (tertiary/aromatic N) is 1. The van der Waals surface area contributed by atoms with Gasteiger partial charge in [0, 0.05) is 24.1 Å². The lowest BCUT2D eigenvalue weighted by atomic mass is 10.2. The Morgan fingerprint density at radius 2 is 2.11 bits per heavy atom. The van der Waals surface area contributed by atoms with Gasteiger partial charge in [-0.25, -0.2) is 8.42 Å². The van der Waals surface area contributed by atoms with Gasteiger partial charge in [-0.15, -0.1) is 0 Å². The molecule has 0 aliphatic carbocycles. The third kappa shape index (κ3) is 3.88. The molecule has 0 unspecified atom stereocenters. The van der Waals surface area contributed by atoms with Gasteiger partial charge < -0.3 is 11.1 Å². The highest BCUT2D eigenvalue weighted by Crippen LogP contribution is 2.24. The third-order valence-corrected chi connectivity index (χ3v) is 4.11. The first-order valence-corrected chi connectivity index (χ1v) is 7.16. The van der Waals surface area contributed by atoms with Gasteiger partial charge in [-0.2, -0.15) is 0 Å². The largest absolute Gasteiger partial charge is 0.393 e. The Hall–Kier alpha value is -1.83. The second-order valence-corrected chi connectivity index (χ2v) is 6.17. The molecule has 0 heterocycles. The number of benzene rings is 1. The van der Waals surface area contributed by atoms with E-state index in [9.17, 15) is 18.5 Å². The quantitative estimate of drug-likeness (QED) is 0.454. The molecule has 0 spiro atoms. The average molecular weight is 273 g/mol.